The Balaban J connectivity index is 0.000000237. The van der Waals surface area contributed by atoms with Gasteiger partial charge in [0, 0.05) is 16.7 Å². The Kier molecular flexibility index (Phi) is 14.9. The number of aromatic nitrogens is 2. The van der Waals surface area contributed by atoms with Gasteiger partial charge in [0.1, 0.15) is 52.5 Å². The zero-order valence-electron chi connectivity index (χ0n) is 29.4. The fourth-order valence-corrected chi connectivity index (χ4v) is 4.62. The van der Waals surface area contributed by atoms with E-state index in [2.05, 4.69) is 19.8 Å². The van der Waals surface area contributed by atoms with Crippen LogP contribution in [0.25, 0.3) is 16.2 Å². The summed E-state index contributed by atoms with van der Waals surface area (Å²) in [6, 6.07) is 28.3. The number of fused-ring (bicyclic) bond motifs is 1. The first-order valence-corrected chi connectivity index (χ1v) is 15.8. The Morgan fingerprint density at radius 1 is 0.964 bits per heavy atom. The Bertz CT molecular complexity index is 2320. The smallest absolute Gasteiger partial charge is 0.267 e. The summed E-state index contributed by atoms with van der Waals surface area (Å²) < 4.78 is 4.93. The van der Waals surface area contributed by atoms with E-state index in [0.717, 1.165) is 11.8 Å². The average Bonchev–Trinajstić information content (AvgIpc) is 3.53. The predicted octanol–water partition coefficient (Wildman–Crippen LogP) is 4.86. The number of phenols is 2. The van der Waals surface area contributed by atoms with Gasteiger partial charge < -0.3 is 37.0 Å². The van der Waals surface area contributed by atoms with Crippen LogP contribution >= 0.6 is 0 Å². The van der Waals surface area contributed by atoms with Crippen LogP contribution in [-0.2, 0) is 16.0 Å². The van der Waals surface area contributed by atoms with Crippen molar-refractivity contribution in [2.45, 2.75) is 13.3 Å². The number of ether oxygens (including phenoxy) is 1. The number of methoxy groups -OCH3 is 1. The van der Waals surface area contributed by atoms with Crippen molar-refractivity contribution in [3.8, 4) is 34.7 Å². The third kappa shape index (κ3) is 11.1. The molecule has 2 heterocycles. The van der Waals surface area contributed by atoms with E-state index in [-0.39, 0.29) is 46.9 Å². The van der Waals surface area contributed by atoms with Crippen molar-refractivity contribution in [1.29, 1.82) is 5.26 Å². The lowest BCUT2D eigenvalue weighted by molar-refractivity contribution is -0.116. The van der Waals surface area contributed by atoms with Gasteiger partial charge in [0.05, 0.1) is 19.2 Å². The molecule has 0 saturated carbocycles. The minimum absolute atomic E-state index is 0.0117. The topological polar surface area (TPSA) is 266 Å². The van der Waals surface area contributed by atoms with E-state index >= 15 is 0 Å². The Morgan fingerprint density at radius 3 is 2.09 bits per heavy atom. The van der Waals surface area contributed by atoms with Gasteiger partial charge >= 0.3 is 0 Å². The van der Waals surface area contributed by atoms with Crippen molar-refractivity contribution in [2.24, 2.45) is 22.2 Å². The highest BCUT2D eigenvalue weighted by Crippen LogP contribution is 2.38. The lowest BCUT2D eigenvalue weighted by Crippen LogP contribution is -2.22. The largest absolute Gasteiger partial charge is 0.508 e. The molecular formula is C39H33N9O7. The molecule has 6 rings (SSSR count). The zero-order chi connectivity index (χ0) is 40.5. The number of para-hydroxylation sites is 3. The normalized spacial score (nSPS) is 11.1. The maximum absolute atomic E-state index is 12.7. The Hall–Kier alpha value is -8.33. The standard InChI is InChI=1S/C20H16N4O3.C8H7NO2.C7H6O2.C4H4N4/c1-11-4-2-3-5-15(11)24-16(26)10-14-17(18(21)27)22-19(23-20(14)24)12-6-8-13(25)9-7-12;1-11-8-5-3-2-4-7(8)9-6-10;8-5-6-1-3-7(9)4-2-6;1-8-4(7)3(6)2-5/h2-9,25H,10H2,1H3,(H2,21,27);2-5H,1H3;1-5,9H;6-7H2/b;;;4-3+. The third-order valence-electron chi connectivity index (χ3n) is 7.29. The monoisotopic (exact) mass is 739 g/mol. The van der Waals surface area contributed by atoms with E-state index < -0.39 is 5.91 Å². The fraction of sp³-hybridized carbons (Fsp3) is 0.0769. The van der Waals surface area contributed by atoms with Gasteiger partial charge in [0.2, 0.25) is 12.0 Å². The van der Waals surface area contributed by atoms with E-state index in [0.29, 0.717) is 39.6 Å². The number of aryl methyl sites for hydroxylation is 1. The molecule has 1 aromatic heterocycles. The highest BCUT2D eigenvalue weighted by molar-refractivity contribution is 6.10. The van der Waals surface area contributed by atoms with Gasteiger partial charge in [-0.1, -0.05) is 36.9 Å². The number of hydrogen-bond acceptors (Lipinski definition) is 13. The van der Waals surface area contributed by atoms with Crippen molar-refractivity contribution < 1.29 is 34.1 Å². The summed E-state index contributed by atoms with van der Waals surface area (Å²) >= 11 is 0. The van der Waals surface area contributed by atoms with Crippen LogP contribution in [0.3, 0.4) is 0 Å². The Labute approximate surface area is 314 Å². The molecular weight excluding hydrogens is 706 g/mol. The SMILES string of the molecule is COc1ccccc1N=C=O.Cc1ccccc1N1C(=O)Cc2c(C(N)=O)nc(-c3ccc(O)cc3)nc21.O=Cc1ccc(O)cc1.[C-]#[N+]/C(N)=C(/N)C#N. The highest BCUT2D eigenvalue weighted by Gasteiger charge is 2.35. The molecule has 1 aliphatic rings. The molecule has 0 spiro atoms. The van der Waals surface area contributed by atoms with E-state index in [1.807, 2.05) is 37.3 Å². The molecule has 5 aromatic rings. The van der Waals surface area contributed by atoms with Crippen LogP contribution in [0.15, 0.2) is 114 Å². The summed E-state index contributed by atoms with van der Waals surface area (Å²) in [7, 11) is 1.53. The predicted molar refractivity (Wildman–Crippen MR) is 202 cm³/mol. The number of phenolic OH excluding ortho intramolecular Hbond substituents is 2. The number of nitrogens with zero attached hydrogens (tertiary/aromatic N) is 6. The van der Waals surface area contributed by atoms with Gasteiger partial charge in [-0.15, -0.1) is 0 Å². The third-order valence-corrected chi connectivity index (χ3v) is 7.29. The molecule has 8 N–H and O–H groups in total. The molecule has 0 unspecified atom stereocenters. The number of rotatable bonds is 6. The maximum atomic E-state index is 12.7. The van der Waals surface area contributed by atoms with Crippen LogP contribution in [0.1, 0.15) is 32.0 Å². The number of amides is 2. The summed E-state index contributed by atoms with van der Waals surface area (Å²) in [6.07, 6.45) is 2.20. The number of isocyanates is 1. The van der Waals surface area contributed by atoms with Crippen molar-refractivity contribution in [3.63, 3.8) is 0 Å². The number of nitrogens with two attached hydrogens (primary N) is 3. The van der Waals surface area contributed by atoms with Gasteiger partial charge in [-0.3, -0.25) is 19.3 Å². The van der Waals surface area contributed by atoms with Crippen LogP contribution in [-0.4, -0.2) is 51.5 Å². The summed E-state index contributed by atoms with van der Waals surface area (Å²) in [5.74, 6) is 0.333. The number of aldehydes is 1. The van der Waals surface area contributed by atoms with Crippen LogP contribution in [0, 0.1) is 24.8 Å². The molecule has 1 aliphatic heterocycles. The zero-order valence-corrected chi connectivity index (χ0v) is 29.4. The number of primary amides is 1. The molecule has 0 fully saturated rings. The first-order chi connectivity index (χ1) is 26.4. The van der Waals surface area contributed by atoms with Crippen LogP contribution in [0.5, 0.6) is 17.2 Å². The molecule has 0 radical (unpaired) electrons. The van der Waals surface area contributed by atoms with Gasteiger partial charge in [-0.25, -0.2) is 14.8 Å². The number of carbonyl (C=O) groups excluding carboxylic acids is 4. The summed E-state index contributed by atoms with van der Waals surface area (Å²) in [5.41, 5.74) is 18.9. The van der Waals surface area contributed by atoms with Gasteiger partial charge in [0.15, 0.2) is 5.82 Å². The molecule has 16 heteroatoms. The van der Waals surface area contributed by atoms with E-state index in [9.17, 15) is 24.3 Å². The number of hydrogen-bond donors (Lipinski definition) is 5. The van der Waals surface area contributed by atoms with Crippen molar-refractivity contribution >= 4 is 41.4 Å². The lowest BCUT2D eigenvalue weighted by Gasteiger charge is -2.19. The van der Waals surface area contributed by atoms with Crippen molar-refractivity contribution in [1.82, 2.24) is 9.97 Å². The molecule has 55 heavy (non-hydrogen) atoms. The number of carbonyl (C=O) groups is 3. The second kappa shape index (κ2) is 19.9. The molecule has 0 saturated heterocycles. The number of nitriles is 1. The van der Waals surface area contributed by atoms with Gasteiger partial charge in [0.25, 0.3) is 11.7 Å². The minimum Gasteiger partial charge on any atom is -0.508 e. The van der Waals surface area contributed by atoms with E-state index in [4.69, 9.17) is 38.9 Å². The first-order valence-electron chi connectivity index (χ1n) is 15.8. The summed E-state index contributed by atoms with van der Waals surface area (Å²) in [5, 5.41) is 26.2. The molecule has 276 valence electrons. The highest BCUT2D eigenvalue weighted by atomic mass is 16.5. The lowest BCUT2D eigenvalue weighted by atomic mass is 10.1. The number of anilines is 2. The quantitative estimate of drug-likeness (QED) is 0.0514. The molecule has 0 atom stereocenters. The maximum Gasteiger partial charge on any atom is 0.267 e. The molecule has 16 nitrogen and oxygen atoms in total. The van der Waals surface area contributed by atoms with Crippen molar-refractivity contribution in [3.05, 3.63) is 142 Å². The number of allylic oxidation sites excluding steroid dienone is 1. The van der Waals surface area contributed by atoms with Gasteiger partial charge in [-0.05, 0) is 79.2 Å². The average molecular weight is 740 g/mol. The molecule has 0 bridgehead atoms. The van der Waals surface area contributed by atoms with Crippen LogP contribution in [0.2, 0.25) is 0 Å². The fourth-order valence-electron chi connectivity index (χ4n) is 4.62. The minimum atomic E-state index is -0.715. The Morgan fingerprint density at radius 2 is 1.56 bits per heavy atom. The second-order valence-electron chi connectivity index (χ2n) is 10.9. The number of benzene rings is 4. The molecule has 4 aromatic carbocycles. The molecule has 0 aliphatic carbocycles. The number of aliphatic imine (C=N–C) groups is 1. The van der Waals surface area contributed by atoms with E-state index in [1.54, 1.807) is 42.5 Å². The van der Waals surface area contributed by atoms with Crippen LogP contribution in [0.4, 0.5) is 17.2 Å². The number of aromatic hydroxyl groups is 2. The van der Waals surface area contributed by atoms with Crippen molar-refractivity contribution in [2.75, 3.05) is 12.0 Å². The second-order valence-corrected chi connectivity index (χ2v) is 10.9. The van der Waals surface area contributed by atoms with Gasteiger partial charge in [-0.2, -0.15) is 10.3 Å². The summed E-state index contributed by atoms with van der Waals surface area (Å²) in [6.45, 7) is 8.15. The van der Waals surface area contributed by atoms with E-state index in [1.165, 1.54) is 48.4 Å². The first kappa shape index (κ1) is 41.1. The summed E-state index contributed by atoms with van der Waals surface area (Å²) in [4.78, 5) is 61.1. The van der Waals surface area contributed by atoms with Crippen LogP contribution < -0.4 is 26.8 Å². The molecule has 2 amide bonds.